The van der Waals surface area contributed by atoms with Crippen LogP contribution in [0.5, 0.6) is 5.75 Å². The molecule has 1 atom stereocenters. The van der Waals surface area contributed by atoms with Crippen LogP contribution in [0.25, 0.3) is 0 Å². The number of ether oxygens (including phenoxy) is 1. The number of aryl methyl sites for hydroxylation is 1. The van der Waals surface area contributed by atoms with Crippen LogP contribution in [0.3, 0.4) is 0 Å². The zero-order valence-corrected chi connectivity index (χ0v) is 11.3. The third-order valence-corrected chi connectivity index (χ3v) is 3.49. The molecule has 1 fully saturated rings. The highest BCUT2D eigenvalue weighted by Gasteiger charge is 2.12. The summed E-state index contributed by atoms with van der Waals surface area (Å²) in [6, 6.07) is 2.04. The van der Waals surface area contributed by atoms with E-state index in [0.29, 0.717) is 0 Å². The van der Waals surface area contributed by atoms with E-state index in [4.69, 9.17) is 4.74 Å². The van der Waals surface area contributed by atoms with Gasteiger partial charge in [-0.15, -0.1) is 0 Å². The fourth-order valence-corrected chi connectivity index (χ4v) is 2.43. The maximum Gasteiger partial charge on any atom is 0.160 e. The van der Waals surface area contributed by atoms with Gasteiger partial charge in [-0.1, -0.05) is 0 Å². The second-order valence-electron chi connectivity index (χ2n) is 4.95. The Morgan fingerprint density at radius 2 is 2.44 bits per heavy atom. The Bertz CT molecular complexity index is 375. The molecule has 0 aromatic carbocycles. The summed E-state index contributed by atoms with van der Waals surface area (Å²) in [5, 5.41) is 6.91. The van der Waals surface area contributed by atoms with E-state index < -0.39 is 0 Å². The molecular formula is C14H23N3O. The molecular weight excluding hydrogens is 226 g/mol. The first kappa shape index (κ1) is 13.1. The van der Waals surface area contributed by atoms with Gasteiger partial charge in [0.25, 0.3) is 0 Å². The molecule has 1 aliphatic heterocycles. The predicted octanol–water partition coefficient (Wildman–Crippen LogP) is 2.20. The molecule has 0 spiro atoms. The van der Waals surface area contributed by atoms with Crippen LogP contribution in [0.4, 0.5) is 5.69 Å². The number of nitrogens with zero attached hydrogens (tertiary/aromatic N) is 1. The van der Waals surface area contributed by atoms with E-state index in [1.54, 1.807) is 13.3 Å². The van der Waals surface area contributed by atoms with Crippen molar-refractivity contribution in [1.82, 2.24) is 10.3 Å². The predicted molar refractivity (Wildman–Crippen MR) is 74.2 cm³/mol. The Morgan fingerprint density at radius 1 is 1.56 bits per heavy atom. The Labute approximate surface area is 109 Å². The molecule has 1 unspecified atom stereocenters. The number of hydrogen-bond donors (Lipinski definition) is 2. The molecule has 4 heteroatoms. The van der Waals surface area contributed by atoms with Crippen LogP contribution in [0, 0.1) is 12.8 Å². The topological polar surface area (TPSA) is 46.2 Å². The molecule has 18 heavy (non-hydrogen) atoms. The van der Waals surface area contributed by atoms with Crippen molar-refractivity contribution in [3.05, 3.63) is 18.0 Å². The lowest BCUT2D eigenvalue weighted by molar-refractivity contribution is 0.364. The van der Waals surface area contributed by atoms with E-state index in [2.05, 4.69) is 15.6 Å². The minimum Gasteiger partial charge on any atom is -0.493 e. The van der Waals surface area contributed by atoms with Crippen LogP contribution >= 0.6 is 0 Å². The first-order valence-corrected chi connectivity index (χ1v) is 6.75. The molecule has 1 aromatic heterocycles. The minimum absolute atomic E-state index is 0.806. The van der Waals surface area contributed by atoms with Crippen molar-refractivity contribution in [1.29, 1.82) is 0 Å². The molecule has 2 rings (SSSR count). The quantitative estimate of drug-likeness (QED) is 0.840. The summed E-state index contributed by atoms with van der Waals surface area (Å²) < 4.78 is 5.31. The number of hydrogen-bond acceptors (Lipinski definition) is 4. The van der Waals surface area contributed by atoms with Gasteiger partial charge in [-0.25, -0.2) is 0 Å². The maximum atomic E-state index is 5.31. The summed E-state index contributed by atoms with van der Waals surface area (Å²) in [6.07, 6.45) is 5.64. The Balaban J connectivity index is 1.83. The normalized spacial score (nSPS) is 19.6. The van der Waals surface area contributed by atoms with E-state index in [1.165, 1.54) is 25.8 Å². The van der Waals surface area contributed by atoms with Gasteiger partial charge in [0.05, 0.1) is 19.0 Å². The van der Waals surface area contributed by atoms with Crippen molar-refractivity contribution in [2.75, 3.05) is 32.1 Å². The Kier molecular flexibility index (Phi) is 4.81. The monoisotopic (exact) mass is 249 g/mol. The first-order valence-electron chi connectivity index (χ1n) is 6.75. The zero-order chi connectivity index (χ0) is 12.8. The van der Waals surface area contributed by atoms with E-state index in [0.717, 1.165) is 36.1 Å². The molecule has 1 saturated heterocycles. The molecule has 0 saturated carbocycles. The molecule has 2 N–H and O–H groups in total. The average molecular weight is 249 g/mol. The van der Waals surface area contributed by atoms with Crippen LogP contribution in [0.15, 0.2) is 12.3 Å². The van der Waals surface area contributed by atoms with E-state index in [-0.39, 0.29) is 0 Å². The number of rotatable bonds is 5. The summed E-state index contributed by atoms with van der Waals surface area (Å²) in [5.41, 5.74) is 2.06. The Morgan fingerprint density at radius 3 is 3.17 bits per heavy atom. The lowest BCUT2D eigenvalue weighted by Crippen LogP contribution is -2.30. The van der Waals surface area contributed by atoms with Gasteiger partial charge in [-0.3, -0.25) is 4.98 Å². The maximum absolute atomic E-state index is 5.31. The van der Waals surface area contributed by atoms with E-state index >= 15 is 0 Å². The fourth-order valence-electron chi connectivity index (χ4n) is 2.43. The number of methoxy groups -OCH3 is 1. The first-order chi connectivity index (χ1) is 8.79. The smallest absolute Gasteiger partial charge is 0.160 e. The van der Waals surface area contributed by atoms with Crippen molar-refractivity contribution >= 4 is 5.69 Å². The summed E-state index contributed by atoms with van der Waals surface area (Å²) in [5.74, 6) is 1.63. The van der Waals surface area contributed by atoms with Gasteiger partial charge in [0.1, 0.15) is 0 Å². The highest BCUT2D eigenvalue weighted by molar-refractivity contribution is 5.55. The number of anilines is 1. The van der Waals surface area contributed by atoms with Crippen molar-refractivity contribution in [2.24, 2.45) is 5.92 Å². The van der Waals surface area contributed by atoms with Crippen molar-refractivity contribution in [2.45, 2.75) is 26.2 Å². The minimum atomic E-state index is 0.806. The molecule has 1 aromatic rings. The van der Waals surface area contributed by atoms with Gasteiger partial charge in [-0.2, -0.15) is 0 Å². The van der Waals surface area contributed by atoms with Gasteiger partial charge in [-0.05, 0) is 51.3 Å². The van der Waals surface area contributed by atoms with Crippen LogP contribution in [-0.2, 0) is 0 Å². The van der Waals surface area contributed by atoms with Gasteiger partial charge in [0.2, 0.25) is 0 Å². The van der Waals surface area contributed by atoms with Crippen molar-refractivity contribution < 1.29 is 4.74 Å². The summed E-state index contributed by atoms with van der Waals surface area (Å²) >= 11 is 0. The number of nitrogens with one attached hydrogen (secondary N) is 2. The number of pyridine rings is 1. The van der Waals surface area contributed by atoms with Crippen molar-refractivity contribution in [3.8, 4) is 5.75 Å². The largest absolute Gasteiger partial charge is 0.493 e. The fraction of sp³-hybridized carbons (Fsp3) is 0.643. The summed E-state index contributed by atoms with van der Waals surface area (Å²) in [4.78, 5) is 4.23. The third-order valence-electron chi connectivity index (χ3n) is 3.49. The van der Waals surface area contributed by atoms with Crippen LogP contribution in [-0.4, -0.2) is 31.7 Å². The van der Waals surface area contributed by atoms with Gasteiger partial charge in [0, 0.05) is 12.2 Å². The van der Waals surface area contributed by atoms with Crippen molar-refractivity contribution in [3.63, 3.8) is 0 Å². The summed E-state index contributed by atoms with van der Waals surface area (Å²) in [7, 11) is 1.68. The third kappa shape index (κ3) is 3.60. The molecule has 0 amide bonds. The average Bonchev–Trinajstić information content (AvgIpc) is 2.40. The van der Waals surface area contributed by atoms with Gasteiger partial charge >= 0.3 is 0 Å². The molecule has 0 radical (unpaired) electrons. The molecule has 2 heterocycles. The van der Waals surface area contributed by atoms with Crippen LogP contribution in [0.1, 0.15) is 25.0 Å². The van der Waals surface area contributed by atoms with Crippen LogP contribution < -0.4 is 15.4 Å². The lowest BCUT2D eigenvalue weighted by Gasteiger charge is -2.23. The number of aromatic nitrogens is 1. The number of piperidine rings is 1. The van der Waals surface area contributed by atoms with E-state index in [9.17, 15) is 0 Å². The second kappa shape index (κ2) is 6.59. The molecule has 100 valence electrons. The molecule has 4 nitrogen and oxygen atoms in total. The van der Waals surface area contributed by atoms with E-state index in [1.807, 2.05) is 13.0 Å². The van der Waals surface area contributed by atoms with Gasteiger partial charge in [0.15, 0.2) is 5.75 Å². The summed E-state index contributed by atoms with van der Waals surface area (Å²) in [6.45, 7) is 5.33. The molecule has 1 aliphatic rings. The van der Waals surface area contributed by atoms with Gasteiger partial charge < -0.3 is 15.4 Å². The molecule has 0 aliphatic carbocycles. The highest BCUT2D eigenvalue weighted by atomic mass is 16.5. The standard InChI is InChI=1S/C14H23N3O/c1-11-8-13(14(18-2)10-17-11)16-7-5-12-4-3-6-15-9-12/h8,10,12,15H,3-7,9H2,1-2H3,(H,16,17). The highest BCUT2D eigenvalue weighted by Crippen LogP contribution is 2.24. The second-order valence-corrected chi connectivity index (χ2v) is 4.95. The Hall–Kier alpha value is -1.29. The van der Waals surface area contributed by atoms with Crippen LogP contribution in [0.2, 0.25) is 0 Å². The molecule has 0 bridgehead atoms. The lowest BCUT2D eigenvalue weighted by atomic mass is 9.96. The zero-order valence-electron chi connectivity index (χ0n) is 11.3. The SMILES string of the molecule is COc1cnc(C)cc1NCCC1CCCNC1.